The van der Waals surface area contributed by atoms with E-state index in [1.807, 2.05) is 0 Å². The topological polar surface area (TPSA) is 66.8 Å². The van der Waals surface area contributed by atoms with E-state index in [1.165, 1.54) is 23.1 Å². The molecule has 0 radical (unpaired) electrons. The summed E-state index contributed by atoms with van der Waals surface area (Å²) in [5.74, 6) is -1.86. The van der Waals surface area contributed by atoms with Gasteiger partial charge in [-0.2, -0.15) is 0 Å². The molecule has 1 spiro atoms. The summed E-state index contributed by atoms with van der Waals surface area (Å²) in [4.78, 5) is 25.7. The molecule has 0 aromatic heterocycles. The first-order valence-corrected chi connectivity index (χ1v) is 7.89. The lowest BCUT2D eigenvalue weighted by Crippen LogP contribution is -2.55. The monoisotopic (exact) mass is 321 g/mol. The number of hydrogen-bond donors (Lipinski definition) is 1. The molecule has 2 aliphatic rings. The van der Waals surface area contributed by atoms with Gasteiger partial charge in [-0.3, -0.25) is 9.69 Å². The third kappa shape index (κ3) is 2.72. The Hall–Kier alpha value is -1.95. The van der Waals surface area contributed by atoms with Crippen LogP contribution in [0.1, 0.15) is 43.0 Å². The van der Waals surface area contributed by atoms with Gasteiger partial charge in [-0.1, -0.05) is 19.1 Å². The minimum absolute atomic E-state index is 0.0517. The van der Waals surface area contributed by atoms with Crippen molar-refractivity contribution in [2.24, 2.45) is 5.92 Å². The van der Waals surface area contributed by atoms with Crippen LogP contribution in [0, 0.1) is 11.7 Å². The van der Waals surface area contributed by atoms with Gasteiger partial charge in [-0.25, -0.2) is 9.18 Å². The molecule has 1 atom stereocenters. The summed E-state index contributed by atoms with van der Waals surface area (Å²) in [5.41, 5.74) is -1.03. The molecule has 23 heavy (non-hydrogen) atoms. The molecule has 1 saturated heterocycles. The fraction of sp³-hybridized carbons (Fsp3) is 0.529. The lowest BCUT2D eigenvalue weighted by molar-refractivity contribution is -0.143. The highest BCUT2D eigenvalue weighted by Crippen LogP contribution is 2.43. The number of carboxylic acid groups (broad SMARTS) is 1. The molecule has 1 amide bonds. The predicted octanol–water partition coefficient (Wildman–Crippen LogP) is 2.66. The number of carbonyl (C=O) groups excluding carboxylic acids is 1. The van der Waals surface area contributed by atoms with Crippen molar-refractivity contribution in [3.05, 3.63) is 35.6 Å². The van der Waals surface area contributed by atoms with Gasteiger partial charge in [-0.05, 0) is 43.7 Å². The number of hydrogen-bond acceptors (Lipinski definition) is 3. The summed E-state index contributed by atoms with van der Waals surface area (Å²) in [6.45, 7) is 2.07. The van der Waals surface area contributed by atoms with Crippen LogP contribution in [0.5, 0.6) is 0 Å². The van der Waals surface area contributed by atoms with Crippen LogP contribution in [0.15, 0.2) is 24.3 Å². The summed E-state index contributed by atoms with van der Waals surface area (Å²) >= 11 is 0. The zero-order valence-electron chi connectivity index (χ0n) is 13.0. The van der Waals surface area contributed by atoms with Crippen LogP contribution in [-0.2, 0) is 9.53 Å². The van der Waals surface area contributed by atoms with E-state index in [0.717, 1.165) is 12.8 Å². The molecule has 1 aromatic carbocycles. The third-order valence-corrected chi connectivity index (χ3v) is 4.92. The molecule has 0 bridgehead atoms. The van der Waals surface area contributed by atoms with Crippen LogP contribution >= 0.6 is 0 Å². The Balaban J connectivity index is 1.98. The maximum atomic E-state index is 14.0. The fourth-order valence-electron chi connectivity index (χ4n) is 3.53. The van der Waals surface area contributed by atoms with E-state index in [2.05, 4.69) is 6.92 Å². The maximum absolute atomic E-state index is 14.0. The average molecular weight is 321 g/mol. The first-order chi connectivity index (χ1) is 10.9. The van der Waals surface area contributed by atoms with E-state index in [0.29, 0.717) is 18.8 Å². The van der Waals surface area contributed by atoms with Gasteiger partial charge in [-0.15, -0.1) is 0 Å². The van der Waals surface area contributed by atoms with Gasteiger partial charge in [0.25, 0.3) is 5.91 Å². The second kappa shape index (κ2) is 5.92. The summed E-state index contributed by atoms with van der Waals surface area (Å²) in [6.07, 6.45) is 2.87. The minimum atomic E-state index is -1.12. The average Bonchev–Trinajstić information content (AvgIpc) is 2.90. The summed E-state index contributed by atoms with van der Waals surface area (Å²) in [7, 11) is 0. The zero-order valence-corrected chi connectivity index (χ0v) is 13.0. The number of ether oxygens (including phenoxy) is 1. The Labute approximate surface area is 134 Å². The normalized spacial score (nSPS) is 30.6. The molecule has 3 rings (SSSR count). The van der Waals surface area contributed by atoms with E-state index in [1.54, 1.807) is 6.07 Å². The quantitative estimate of drug-likeness (QED) is 0.909. The van der Waals surface area contributed by atoms with E-state index in [-0.39, 0.29) is 12.2 Å². The molecule has 1 unspecified atom stereocenters. The Morgan fingerprint density at radius 2 is 1.96 bits per heavy atom. The predicted molar refractivity (Wildman–Crippen MR) is 80.3 cm³/mol. The Bertz CT molecular complexity index is 625. The Morgan fingerprint density at radius 1 is 1.30 bits per heavy atom. The van der Waals surface area contributed by atoms with Crippen LogP contribution in [0.4, 0.5) is 4.39 Å². The van der Waals surface area contributed by atoms with Gasteiger partial charge in [0.2, 0.25) is 0 Å². The number of carboxylic acids is 1. The van der Waals surface area contributed by atoms with Crippen molar-refractivity contribution in [3.8, 4) is 0 Å². The van der Waals surface area contributed by atoms with E-state index < -0.39 is 29.5 Å². The molecule has 6 heteroatoms. The number of amides is 1. The number of halogens is 1. The van der Waals surface area contributed by atoms with Gasteiger partial charge < -0.3 is 9.84 Å². The highest BCUT2D eigenvalue weighted by molar-refractivity contribution is 5.97. The first kappa shape index (κ1) is 15.9. The number of benzene rings is 1. The summed E-state index contributed by atoms with van der Waals surface area (Å²) in [5, 5.41) is 9.45. The van der Waals surface area contributed by atoms with E-state index in [4.69, 9.17) is 4.74 Å². The number of aliphatic carboxylic acids is 1. The molecule has 2 fully saturated rings. The molecule has 1 aliphatic carbocycles. The van der Waals surface area contributed by atoms with Crippen LogP contribution in [0.2, 0.25) is 0 Å². The molecular formula is C17H20FNO4. The Kier molecular flexibility index (Phi) is 4.10. The molecule has 1 heterocycles. The first-order valence-electron chi connectivity index (χ1n) is 7.89. The number of carbonyl (C=O) groups is 2. The number of rotatable bonds is 2. The molecule has 1 aliphatic heterocycles. The second-order valence-electron chi connectivity index (χ2n) is 6.45. The molecule has 1 saturated carbocycles. The van der Waals surface area contributed by atoms with Crippen molar-refractivity contribution in [2.45, 2.75) is 44.4 Å². The van der Waals surface area contributed by atoms with Crippen LogP contribution in [0.3, 0.4) is 0 Å². The van der Waals surface area contributed by atoms with Crippen molar-refractivity contribution in [3.63, 3.8) is 0 Å². The SMILES string of the molecule is CC1CCC2(CC1)OCC(C(=O)O)N2C(=O)c1ccccc1F. The van der Waals surface area contributed by atoms with Gasteiger partial charge >= 0.3 is 5.97 Å². The van der Waals surface area contributed by atoms with Crippen LogP contribution in [-0.4, -0.2) is 40.3 Å². The van der Waals surface area contributed by atoms with Gasteiger partial charge in [0, 0.05) is 0 Å². The van der Waals surface area contributed by atoms with Crippen molar-refractivity contribution >= 4 is 11.9 Å². The van der Waals surface area contributed by atoms with Gasteiger partial charge in [0.05, 0.1) is 12.2 Å². The molecule has 5 nitrogen and oxygen atoms in total. The largest absolute Gasteiger partial charge is 0.480 e. The smallest absolute Gasteiger partial charge is 0.328 e. The minimum Gasteiger partial charge on any atom is -0.480 e. The summed E-state index contributed by atoms with van der Waals surface area (Å²) < 4.78 is 19.8. The standard InChI is InChI=1S/C17H20FNO4/c1-11-6-8-17(9-7-11)19(14(10-23-17)16(21)22)15(20)12-4-2-3-5-13(12)18/h2-5,11,14H,6-10H2,1H3,(H,21,22). The maximum Gasteiger partial charge on any atom is 0.328 e. The molecule has 1 aromatic rings. The molecular weight excluding hydrogens is 301 g/mol. The van der Waals surface area contributed by atoms with Crippen LogP contribution in [0.25, 0.3) is 0 Å². The third-order valence-electron chi connectivity index (χ3n) is 4.92. The van der Waals surface area contributed by atoms with Crippen molar-refractivity contribution in [2.75, 3.05) is 6.61 Å². The van der Waals surface area contributed by atoms with Crippen LogP contribution < -0.4 is 0 Å². The zero-order chi connectivity index (χ0) is 16.6. The van der Waals surface area contributed by atoms with Gasteiger partial charge in [0.1, 0.15) is 11.5 Å². The summed E-state index contributed by atoms with van der Waals surface area (Å²) in [6, 6.07) is 4.58. The lowest BCUT2D eigenvalue weighted by Gasteiger charge is -2.42. The highest BCUT2D eigenvalue weighted by Gasteiger charge is 2.54. The second-order valence-corrected chi connectivity index (χ2v) is 6.45. The molecule has 1 N–H and O–H groups in total. The van der Waals surface area contributed by atoms with Crippen molar-refractivity contribution < 1.29 is 23.8 Å². The highest BCUT2D eigenvalue weighted by atomic mass is 19.1. The lowest BCUT2D eigenvalue weighted by atomic mass is 9.83. The number of nitrogens with zero attached hydrogens (tertiary/aromatic N) is 1. The Morgan fingerprint density at radius 3 is 2.57 bits per heavy atom. The fourth-order valence-corrected chi connectivity index (χ4v) is 3.53. The molecule has 124 valence electrons. The van der Waals surface area contributed by atoms with E-state index in [9.17, 15) is 19.1 Å². The van der Waals surface area contributed by atoms with E-state index >= 15 is 0 Å². The van der Waals surface area contributed by atoms with Gasteiger partial charge in [0.15, 0.2) is 6.04 Å². The van der Waals surface area contributed by atoms with Crippen molar-refractivity contribution in [1.29, 1.82) is 0 Å². The van der Waals surface area contributed by atoms with Crippen molar-refractivity contribution in [1.82, 2.24) is 4.90 Å².